The molecular weight excluding hydrogens is 458 g/mol. The zero-order valence-electron chi connectivity index (χ0n) is 21.7. The van der Waals surface area contributed by atoms with Gasteiger partial charge in [0.25, 0.3) is 0 Å². The van der Waals surface area contributed by atoms with E-state index in [2.05, 4.69) is 18.8 Å². The van der Waals surface area contributed by atoms with Crippen molar-refractivity contribution in [3.05, 3.63) is 53.6 Å². The fraction of sp³-hybridized carbons (Fsp3) is 0.448. The number of unbranched alkanes of at least 4 members (excludes halogenated alkanes) is 1. The third-order valence-corrected chi connectivity index (χ3v) is 5.84. The number of nitrogens with zero attached hydrogens (tertiary/aromatic N) is 1. The van der Waals surface area contributed by atoms with Crippen LogP contribution in [0.2, 0.25) is 0 Å². The van der Waals surface area contributed by atoms with E-state index in [9.17, 15) is 4.79 Å². The van der Waals surface area contributed by atoms with E-state index in [4.69, 9.17) is 23.7 Å². The van der Waals surface area contributed by atoms with Gasteiger partial charge in [0.1, 0.15) is 17.9 Å². The van der Waals surface area contributed by atoms with Gasteiger partial charge in [0, 0.05) is 11.6 Å². The van der Waals surface area contributed by atoms with E-state index in [0.717, 1.165) is 28.8 Å². The van der Waals surface area contributed by atoms with Crippen molar-refractivity contribution in [3.8, 4) is 17.2 Å². The maximum absolute atomic E-state index is 12.2. The number of aromatic nitrogens is 1. The van der Waals surface area contributed by atoms with Crippen LogP contribution in [0.4, 0.5) is 0 Å². The number of hydrogen-bond acceptors (Lipinski definition) is 7. The topological polar surface area (TPSA) is 80.0 Å². The summed E-state index contributed by atoms with van der Waals surface area (Å²) in [4.78, 5) is 26.8. The highest BCUT2D eigenvalue weighted by molar-refractivity contribution is 5.94. The Balaban J connectivity index is 1.71. The van der Waals surface area contributed by atoms with Gasteiger partial charge >= 0.3 is 5.97 Å². The predicted molar refractivity (Wildman–Crippen MR) is 140 cm³/mol. The molecule has 36 heavy (non-hydrogen) atoms. The van der Waals surface area contributed by atoms with E-state index in [1.54, 1.807) is 13.0 Å². The third-order valence-electron chi connectivity index (χ3n) is 5.84. The molecule has 7 nitrogen and oxygen atoms in total. The van der Waals surface area contributed by atoms with Crippen LogP contribution >= 0.6 is 0 Å². The summed E-state index contributed by atoms with van der Waals surface area (Å²) >= 11 is 0. The molecule has 0 aliphatic heterocycles. The van der Waals surface area contributed by atoms with E-state index in [-0.39, 0.29) is 13.2 Å². The molecule has 3 aromatic rings. The third kappa shape index (κ3) is 7.93. The largest absolute Gasteiger partial charge is 0.493 e. The van der Waals surface area contributed by atoms with Crippen LogP contribution in [0, 0.1) is 5.92 Å². The Bertz CT molecular complexity index is 1120. The van der Waals surface area contributed by atoms with E-state index in [1.165, 1.54) is 19.3 Å². The summed E-state index contributed by atoms with van der Waals surface area (Å²) in [5.74, 6) is 1.45. The lowest BCUT2D eigenvalue weighted by molar-refractivity contribution is -0.284. The van der Waals surface area contributed by atoms with Crippen LogP contribution in [-0.2, 0) is 19.3 Å². The molecule has 0 radical (unpaired) electrons. The highest BCUT2D eigenvalue weighted by Gasteiger charge is 2.13. The molecular formula is C29H37NO6. The second kappa shape index (κ2) is 14.4. The smallest absolute Gasteiger partial charge is 0.336 e. The molecule has 0 spiro atoms. The standard InChI is InChI=1S/C29H37NO6/c1-5-9-10-21(6-2)19-33-25-15-16-26-27(18-25)36-28(30-26)23-13-11-22(12-14-23)17-24(20-35-34-8-4)29(31)32-7-3/h11-18,21H,5-10,19-20H2,1-4H3/b24-17+. The quantitative estimate of drug-likeness (QED) is 0.0738. The SMILES string of the molecule is CCCCC(CC)COc1ccc2nc(-c3ccc(/C=C(\COOCC)C(=O)OCC)cc3)oc2c1. The van der Waals surface area contributed by atoms with E-state index < -0.39 is 5.97 Å². The first-order chi connectivity index (χ1) is 17.6. The molecule has 1 aromatic heterocycles. The van der Waals surface area contributed by atoms with Gasteiger partial charge in [-0.3, -0.25) is 0 Å². The summed E-state index contributed by atoms with van der Waals surface area (Å²) < 4.78 is 17.2. The zero-order chi connectivity index (χ0) is 25.8. The fourth-order valence-corrected chi connectivity index (χ4v) is 3.73. The van der Waals surface area contributed by atoms with E-state index in [0.29, 0.717) is 36.2 Å². The van der Waals surface area contributed by atoms with Crippen LogP contribution < -0.4 is 4.74 Å². The minimum absolute atomic E-state index is 0.00155. The minimum Gasteiger partial charge on any atom is -0.493 e. The van der Waals surface area contributed by atoms with Crippen LogP contribution in [0.1, 0.15) is 58.9 Å². The number of rotatable bonds is 15. The van der Waals surface area contributed by atoms with Crippen molar-refractivity contribution in [2.45, 2.75) is 53.4 Å². The molecule has 0 aliphatic rings. The molecule has 0 saturated heterocycles. The van der Waals surface area contributed by atoms with Crippen molar-refractivity contribution in [2.75, 3.05) is 26.4 Å². The molecule has 3 rings (SSSR count). The maximum Gasteiger partial charge on any atom is 0.336 e. The lowest BCUT2D eigenvalue weighted by atomic mass is 10.0. The molecule has 0 fully saturated rings. The molecule has 0 aliphatic carbocycles. The lowest BCUT2D eigenvalue weighted by Crippen LogP contribution is -2.13. The Labute approximate surface area is 213 Å². The lowest BCUT2D eigenvalue weighted by Gasteiger charge is -2.15. The second-order valence-electron chi connectivity index (χ2n) is 8.56. The Morgan fingerprint density at radius 3 is 2.53 bits per heavy atom. The number of benzene rings is 2. The van der Waals surface area contributed by atoms with Gasteiger partial charge in [-0.15, -0.1) is 0 Å². The van der Waals surface area contributed by atoms with Crippen LogP contribution in [0.5, 0.6) is 5.75 Å². The minimum atomic E-state index is -0.436. The molecule has 1 heterocycles. The Morgan fingerprint density at radius 1 is 1.03 bits per heavy atom. The Morgan fingerprint density at radius 2 is 1.83 bits per heavy atom. The molecule has 0 bridgehead atoms. The summed E-state index contributed by atoms with van der Waals surface area (Å²) in [5, 5.41) is 0. The van der Waals surface area contributed by atoms with Gasteiger partial charge in [-0.2, -0.15) is 0 Å². The number of esters is 1. The molecule has 194 valence electrons. The number of oxazole rings is 1. The zero-order valence-corrected chi connectivity index (χ0v) is 21.7. The van der Waals surface area contributed by atoms with Crippen LogP contribution in [0.3, 0.4) is 0 Å². The maximum atomic E-state index is 12.2. The normalized spacial score (nSPS) is 12.6. The van der Waals surface area contributed by atoms with Crippen molar-refractivity contribution < 1.29 is 28.5 Å². The number of hydrogen-bond donors (Lipinski definition) is 0. The van der Waals surface area contributed by atoms with Gasteiger partial charge in [-0.05, 0) is 62.1 Å². The van der Waals surface area contributed by atoms with Crippen LogP contribution in [0.15, 0.2) is 52.5 Å². The first kappa shape index (κ1) is 27.4. The Hall–Kier alpha value is -3.16. The highest BCUT2D eigenvalue weighted by Crippen LogP contribution is 2.28. The average molecular weight is 496 g/mol. The van der Waals surface area contributed by atoms with Crippen molar-refractivity contribution in [1.29, 1.82) is 0 Å². The van der Waals surface area contributed by atoms with Gasteiger partial charge in [-0.25, -0.2) is 19.6 Å². The highest BCUT2D eigenvalue weighted by atomic mass is 17.2. The van der Waals surface area contributed by atoms with Crippen molar-refractivity contribution >= 4 is 23.1 Å². The van der Waals surface area contributed by atoms with Gasteiger partial charge in [0.05, 0.1) is 25.4 Å². The molecule has 0 amide bonds. The fourth-order valence-electron chi connectivity index (χ4n) is 3.73. The van der Waals surface area contributed by atoms with Crippen molar-refractivity contribution in [3.63, 3.8) is 0 Å². The molecule has 0 N–H and O–H groups in total. The monoisotopic (exact) mass is 495 g/mol. The second-order valence-corrected chi connectivity index (χ2v) is 8.56. The number of ether oxygens (including phenoxy) is 2. The summed E-state index contributed by atoms with van der Waals surface area (Å²) in [6.07, 6.45) is 6.45. The molecule has 1 unspecified atom stereocenters. The summed E-state index contributed by atoms with van der Waals surface area (Å²) in [7, 11) is 0. The number of carbonyl (C=O) groups excluding carboxylic acids is 1. The average Bonchev–Trinajstić information content (AvgIpc) is 3.32. The molecule has 1 atom stereocenters. The van der Waals surface area contributed by atoms with Gasteiger partial charge in [0.2, 0.25) is 5.89 Å². The first-order valence-electron chi connectivity index (χ1n) is 12.8. The van der Waals surface area contributed by atoms with Crippen molar-refractivity contribution in [2.24, 2.45) is 5.92 Å². The van der Waals surface area contributed by atoms with E-state index >= 15 is 0 Å². The Kier molecular flexibility index (Phi) is 11.0. The summed E-state index contributed by atoms with van der Waals surface area (Å²) in [5.41, 5.74) is 3.48. The summed E-state index contributed by atoms with van der Waals surface area (Å²) in [6, 6.07) is 13.3. The number of carbonyl (C=O) groups is 1. The van der Waals surface area contributed by atoms with Gasteiger partial charge < -0.3 is 13.9 Å². The van der Waals surface area contributed by atoms with Crippen LogP contribution in [-0.4, -0.2) is 37.4 Å². The molecule has 7 heteroatoms. The van der Waals surface area contributed by atoms with Gasteiger partial charge in [0.15, 0.2) is 5.58 Å². The van der Waals surface area contributed by atoms with Gasteiger partial charge in [-0.1, -0.05) is 45.2 Å². The summed E-state index contributed by atoms with van der Waals surface area (Å²) in [6.45, 7) is 9.38. The predicted octanol–water partition coefficient (Wildman–Crippen LogP) is 7.00. The molecule has 2 aromatic carbocycles. The first-order valence-corrected chi connectivity index (χ1v) is 12.8. The number of fused-ring (bicyclic) bond motifs is 1. The molecule has 0 saturated carbocycles. The van der Waals surface area contributed by atoms with Crippen molar-refractivity contribution in [1.82, 2.24) is 4.98 Å². The van der Waals surface area contributed by atoms with Crippen LogP contribution in [0.25, 0.3) is 28.6 Å². The van der Waals surface area contributed by atoms with E-state index in [1.807, 2.05) is 49.4 Å².